The summed E-state index contributed by atoms with van der Waals surface area (Å²) < 4.78 is 6.31. The van der Waals surface area contributed by atoms with Crippen LogP contribution in [0.1, 0.15) is 31.5 Å². The van der Waals surface area contributed by atoms with Crippen LogP contribution in [0.2, 0.25) is 0 Å². The van der Waals surface area contributed by atoms with Gasteiger partial charge in [0.1, 0.15) is 5.82 Å². The molecule has 0 saturated heterocycles. The molecule has 6 nitrogen and oxygen atoms in total. The highest BCUT2D eigenvalue weighted by Crippen LogP contribution is 2.36. The second-order valence-corrected chi connectivity index (χ2v) is 6.62. The molecule has 2 aromatic rings. The predicted molar refractivity (Wildman–Crippen MR) is 83.9 cm³/mol. The first-order valence-corrected chi connectivity index (χ1v) is 7.75. The Hall–Kier alpha value is -1.47. The number of hydrogen-bond acceptors (Lipinski definition) is 6. The zero-order valence-corrected chi connectivity index (χ0v) is 13.7. The second-order valence-electron chi connectivity index (χ2n) is 5.71. The summed E-state index contributed by atoms with van der Waals surface area (Å²) in [4.78, 5) is 10.8. The molecular weight excluding hydrogens is 334 g/mol. The number of nitrogens with two attached hydrogens (primary N) is 1. The zero-order valence-electron chi connectivity index (χ0n) is 12.1. The van der Waals surface area contributed by atoms with Crippen LogP contribution in [0.5, 0.6) is 0 Å². The van der Waals surface area contributed by atoms with E-state index in [-0.39, 0.29) is 0 Å². The molecule has 2 N–H and O–H groups in total. The van der Waals surface area contributed by atoms with Crippen LogP contribution in [-0.4, -0.2) is 29.2 Å². The molecule has 0 bridgehead atoms. The zero-order chi connectivity index (χ0) is 15.0. The molecular formula is C14H18BrN5O. The molecule has 7 heteroatoms. The molecule has 0 atom stereocenters. The maximum atomic E-state index is 6.38. The lowest BCUT2D eigenvalue weighted by Gasteiger charge is -2.17. The highest BCUT2D eigenvalue weighted by Gasteiger charge is 2.36. The molecule has 1 aliphatic rings. The molecule has 3 rings (SSSR count). The molecule has 2 aromatic heterocycles. The fourth-order valence-electron chi connectivity index (χ4n) is 2.71. The second kappa shape index (κ2) is 5.38. The van der Waals surface area contributed by atoms with Crippen molar-refractivity contribution in [2.24, 2.45) is 5.73 Å². The first-order chi connectivity index (χ1) is 9.99. The van der Waals surface area contributed by atoms with Crippen molar-refractivity contribution in [3.63, 3.8) is 0 Å². The standard InChI is InChI=1S/C14H18BrN5O/c1-20(2)11-10(7-9(15)8-17-11)12-18-13(19-21-12)14(16)5-3-4-6-14/h7-8H,3-6,16H2,1-2H3. The van der Waals surface area contributed by atoms with Gasteiger partial charge in [0.15, 0.2) is 5.82 Å². The van der Waals surface area contributed by atoms with E-state index in [1.807, 2.05) is 25.1 Å². The van der Waals surface area contributed by atoms with Crippen LogP contribution in [-0.2, 0) is 5.54 Å². The molecule has 1 fully saturated rings. The van der Waals surface area contributed by atoms with E-state index in [2.05, 4.69) is 31.1 Å². The fraction of sp³-hybridized carbons (Fsp3) is 0.500. The largest absolute Gasteiger partial charge is 0.362 e. The van der Waals surface area contributed by atoms with Gasteiger partial charge in [0.25, 0.3) is 5.89 Å². The van der Waals surface area contributed by atoms with E-state index in [0.29, 0.717) is 11.7 Å². The average Bonchev–Trinajstić information content (AvgIpc) is 3.07. The predicted octanol–water partition coefficient (Wildman–Crippen LogP) is 2.69. The van der Waals surface area contributed by atoms with Crippen molar-refractivity contribution in [1.29, 1.82) is 0 Å². The first kappa shape index (κ1) is 14.5. The van der Waals surface area contributed by atoms with E-state index < -0.39 is 5.54 Å². The van der Waals surface area contributed by atoms with Gasteiger partial charge in [0, 0.05) is 24.8 Å². The minimum Gasteiger partial charge on any atom is -0.362 e. The van der Waals surface area contributed by atoms with Crippen molar-refractivity contribution >= 4 is 21.7 Å². The van der Waals surface area contributed by atoms with E-state index in [9.17, 15) is 0 Å². The highest BCUT2D eigenvalue weighted by molar-refractivity contribution is 9.10. The molecule has 21 heavy (non-hydrogen) atoms. The number of halogens is 1. The summed E-state index contributed by atoms with van der Waals surface area (Å²) in [7, 11) is 3.86. The summed E-state index contributed by atoms with van der Waals surface area (Å²) in [5.74, 6) is 1.84. The Morgan fingerprint density at radius 3 is 2.71 bits per heavy atom. The molecule has 0 radical (unpaired) electrons. The van der Waals surface area contributed by atoms with Crippen molar-refractivity contribution in [2.45, 2.75) is 31.2 Å². The summed E-state index contributed by atoms with van der Waals surface area (Å²) in [5.41, 5.74) is 6.73. The Balaban J connectivity index is 2.02. The maximum Gasteiger partial charge on any atom is 0.261 e. The van der Waals surface area contributed by atoms with Gasteiger partial charge in [-0.05, 0) is 34.8 Å². The van der Waals surface area contributed by atoms with Gasteiger partial charge in [0.05, 0.1) is 11.1 Å². The third kappa shape index (κ3) is 2.67. The minimum absolute atomic E-state index is 0.445. The van der Waals surface area contributed by atoms with Crippen molar-refractivity contribution < 1.29 is 4.52 Å². The molecule has 112 valence electrons. The molecule has 1 aliphatic carbocycles. The SMILES string of the molecule is CN(C)c1ncc(Br)cc1-c1nc(C2(N)CCCC2)no1. The van der Waals surface area contributed by atoms with Crippen molar-refractivity contribution in [3.8, 4) is 11.5 Å². The highest BCUT2D eigenvalue weighted by atomic mass is 79.9. The Morgan fingerprint density at radius 1 is 1.33 bits per heavy atom. The van der Waals surface area contributed by atoms with E-state index in [0.717, 1.165) is 41.5 Å². The van der Waals surface area contributed by atoms with Gasteiger partial charge in [-0.25, -0.2) is 4.98 Å². The number of aromatic nitrogens is 3. The molecule has 0 unspecified atom stereocenters. The molecule has 0 amide bonds. The Morgan fingerprint density at radius 2 is 2.05 bits per heavy atom. The Bertz CT molecular complexity index is 649. The van der Waals surface area contributed by atoms with Crippen LogP contribution >= 0.6 is 15.9 Å². The van der Waals surface area contributed by atoms with Crippen LogP contribution in [0.3, 0.4) is 0 Å². The normalized spacial score (nSPS) is 17.1. The molecule has 0 spiro atoms. The van der Waals surface area contributed by atoms with Gasteiger partial charge in [-0.2, -0.15) is 4.98 Å². The van der Waals surface area contributed by atoms with Crippen molar-refractivity contribution in [2.75, 3.05) is 19.0 Å². The lowest BCUT2D eigenvalue weighted by atomic mass is 9.99. The lowest BCUT2D eigenvalue weighted by molar-refractivity contribution is 0.372. The topological polar surface area (TPSA) is 81.1 Å². The lowest BCUT2D eigenvalue weighted by Crippen LogP contribution is -2.34. The molecule has 0 aliphatic heterocycles. The molecule has 1 saturated carbocycles. The van der Waals surface area contributed by atoms with Gasteiger partial charge in [-0.15, -0.1) is 0 Å². The summed E-state index contributed by atoms with van der Waals surface area (Å²) in [5, 5.41) is 4.10. The van der Waals surface area contributed by atoms with Gasteiger partial charge >= 0.3 is 0 Å². The van der Waals surface area contributed by atoms with Crippen LogP contribution in [0, 0.1) is 0 Å². The number of anilines is 1. The van der Waals surface area contributed by atoms with E-state index >= 15 is 0 Å². The Labute approximate surface area is 131 Å². The van der Waals surface area contributed by atoms with Gasteiger partial charge < -0.3 is 15.2 Å². The summed E-state index contributed by atoms with van der Waals surface area (Å²) >= 11 is 3.43. The number of rotatable bonds is 3. The van der Waals surface area contributed by atoms with Crippen LogP contribution in [0.25, 0.3) is 11.5 Å². The van der Waals surface area contributed by atoms with Gasteiger partial charge in [0.2, 0.25) is 0 Å². The minimum atomic E-state index is -0.445. The van der Waals surface area contributed by atoms with Gasteiger partial charge in [-0.3, -0.25) is 0 Å². The molecule has 2 heterocycles. The Kier molecular flexibility index (Phi) is 3.71. The van der Waals surface area contributed by atoms with E-state index in [4.69, 9.17) is 10.3 Å². The van der Waals surface area contributed by atoms with Crippen LogP contribution in [0.15, 0.2) is 21.3 Å². The number of hydrogen-bond donors (Lipinski definition) is 1. The van der Waals surface area contributed by atoms with E-state index in [1.54, 1.807) is 6.20 Å². The summed E-state index contributed by atoms with van der Waals surface area (Å²) in [6.07, 6.45) is 5.79. The smallest absolute Gasteiger partial charge is 0.261 e. The third-order valence-corrected chi connectivity index (χ3v) is 4.29. The van der Waals surface area contributed by atoms with Gasteiger partial charge in [-0.1, -0.05) is 18.0 Å². The number of nitrogens with zero attached hydrogens (tertiary/aromatic N) is 4. The third-order valence-electron chi connectivity index (χ3n) is 3.85. The summed E-state index contributed by atoms with van der Waals surface area (Å²) in [6.45, 7) is 0. The maximum absolute atomic E-state index is 6.38. The first-order valence-electron chi connectivity index (χ1n) is 6.96. The monoisotopic (exact) mass is 351 g/mol. The van der Waals surface area contributed by atoms with Crippen LogP contribution in [0.4, 0.5) is 5.82 Å². The summed E-state index contributed by atoms with van der Waals surface area (Å²) in [6, 6.07) is 1.93. The quantitative estimate of drug-likeness (QED) is 0.915. The number of pyridine rings is 1. The van der Waals surface area contributed by atoms with Crippen LogP contribution < -0.4 is 10.6 Å². The fourth-order valence-corrected chi connectivity index (χ4v) is 3.04. The van der Waals surface area contributed by atoms with Crippen molar-refractivity contribution in [1.82, 2.24) is 15.1 Å². The van der Waals surface area contributed by atoms with E-state index in [1.165, 1.54) is 0 Å². The average molecular weight is 352 g/mol. The van der Waals surface area contributed by atoms with Crippen molar-refractivity contribution in [3.05, 3.63) is 22.6 Å². The molecule has 0 aromatic carbocycles.